The summed E-state index contributed by atoms with van der Waals surface area (Å²) < 4.78 is 5.39. The molecular formula is C31H35Cl2N3O3. The average Bonchev–Trinajstić information content (AvgIpc) is 2.94. The van der Waals surface area contributed by atoms with Crippen LogP contribution < -0.4 is 15.5 Å². The summed E-state index contributed by atoms with van der Waals surface area (Å²) >= 11 is 12.2. The van der Waals surface area contributed by atoms with Crippen molar-refractivity contribution >= 4 is 46.4 Å². The molecule has 0 unspecified atom stereocenters. The lowest BCUT2D eigenvalue weighted by atomic mass is 9.89. The summed E-state index contributed by atoms with van der Waals surface area (Å²) in [5.41, 5.74) is 3.61. The van der Waals surface area contributed by atoms with Crippen LogP contribution in [0.15, 0.2) is 66.7 Å². The van der Waals surface area contributed by atoms with Gasteiger partial charge in [-0.05, 0) is 80.5 Å². The van der Waals surface area contributed by atoms with Crippen molar-refractivity contribution < 1.29 is 14.3 Å². The van der Waals surface area contributed by atoms with E-state index in [-0.39, 0.29) is 16.8 Å². The molecule has 0 saturated carbocycles. The van der Waals surface area contributed by atoms with E-state index in [4.69, 9.17) is 27.9 Å². The Morgan fingerprint density at radius 2 is 1.72 bits per heavy atom. The van der Waals surface area contributed by atoms with E-state index in [0.717, 1.165) is 44.5 Å². The van der Waals surface area contributed by atoms with Gasteiger partial charge in [-0.15, -0.1) is 0 Å². The van der Waals surface area contributed by atoms with Gasteiger partial charge in [0, 0.05) is 49.2 Å². The highest BCUT2D eigenvalue weighted by Gasteiger charge is 2.24. The van der Waals surface area contributed by atoms with Gasteiger partial charge in [-0.1, -0.05) is 53.5 Å². The first-order chi connectivity index (χ1) is 18.9. The van der Waals surface area contributed by atoms with Crippen LogP contribution in [-0.2, 0) is 11.2 Å². The second kappa shape index (κ2) is 14.4. The molecule has 1 saturated heterocycles. The van der Waals surface area contributed by atoms with Crippen LogP contribution in [0.25, 0.3) is 0 Å². The zero-order valence-corrected chi connectivity index (χ0v) is 23.7. The van der Waals surface area contributed by atoms with Gasteiger partial charge in [0.1, 0.15) is 0 Å². The minimum Gasteiger partial charge on any atom is -0.382 e. The SMILES string of the molecule is CCOCCCNC(=O)c1cc(NC(=O)c2ccc(Cl)cc2Cl)ccc1N1CCC(Cc2ccccc2)CC1. The quantitative estimate of drug-likeness (QED) is 0.248. The molecular weight excluding hydrogens is 533 g/mol. The smallest absolute Gasteiger partial charge is 0.257 e. The van der Waals surface area contributed by atoms with Crippen molar-refractivity contribution in [1.29, 1.82) is 0 Å². The number of nitrogens with zero attached hydrogens (tertiary/aromatic N) is 1. The molecule has 1 heterocycles. The van der Waals surface area contributed by atoms with Crippen LogP contribution in [0, 0.1) is 5.92 Å². The molecule has 0 radical (unpaired) electrons. The van der Waals surface area contributed by atoms with E-state index < -0.39 is 0 Å². The van der Waals surface area contributed by atoms with E-state index >= 15 is 0 Å². The van der Waals surface area contributed by atoms with Crippen LogP contribution in [0.3, 0.4) is 0 Å². The minimum absolute atomic E-state index is 0.173. The average molecular weight is 569 g/mol. The molecule has 3 aromatic carbocycles. The van der Waals surface area contributed by atoms with Crippen LogP contribution in [-0.4, -0.2) is 44.7 Å². The lowest BCUT2D eigenvalue weighted by Gasteiger charge is -2.35. The molecule has 206 valence electrons. The number of hydrogen-bond acceptors (Lipinski definition) is 4. The van der Waals surface area contributed by atoms with Crippen LogP contribution in [0.5, 0.6) is 0 Å². The predicted molar refractivity (Wildman–Crippen MR) is 159 cm³/mol. The first kappa shape index (κ1) is 28.9. The van der Waals surface area contributed by atoms with E-state index in [1.54, 1.807) is 18.2 Å². The number of nitrogens with one attached hydrogen (secondary N) is 2. The number of hydrogen-bond donors (Lipinski definition) is 2. The largest absolute Gasteiger partial charge is 0.382 e. The number of benzene rings is 3. The second-order valence-corrected chi connectivity index (χ2v) is 10.6. The van der Waals surface area contributed by atoms with Crippen LogP contribution in [0.4, 0.5) is 11.4 Å². The molecule has 1 aliphatic heterocycles. The Hall–Kier alpha value is -3.06. The predicted octanol–water partition coefficient (Wildman–Crippen LogP) is 6.86. The van der Waals surface area contributed by atoms with E-state index in [0.29, 0.717) is 47.5 Å². The first-order valence-corrected chi connectivity index (χ1v) is 14.3. The van der Waals surface area contributed by atoms with E-state index in [1.165, 1.54) is 11.6 Å². The van der Waals surface area contributed by atoms with Crippen molar-refractivity contribution in [2.45, 2.75) is 32.6 Å². The highest BCUT2D eigenvalue weighted by molar-refractivity contribution is 6.37. The number of anilines is 2. The first-order valence-electron chi connectivity index (χ1n) is 13.5. The Balaban J connectivity index is 1.48. The Labute approximate surface area is 240 Å². The van der Waals surface area contributed by atoms with Crippen LogP contribution >= 0.6 is 23.2 Å². The Kier molecular flexibility index (Phi) is 10.7. The Bertz CT molecular complexity index is 1260. The number of ether oxygens (including phenoxy) is 1. The van der Waals surface area contributed by atoms with Gasteiger partial charge in [0.05, 0.1) is 16.1 Å². The van der Waals surface area contributed by atoms with E-state index in [9.17, 15) is 9.59 Å². The van der Waals surface area contributed by atoms with Gasteiger partial charge in [-0.25, -0.2) is 0 Å². The molecule has 0 aliphatic carbocycles. The van der Waals surface area contributed by atoms with Gasteiger partial charge in [-0.3, -0.25) is 9.59 Å². The highest BCUT2D eigenvalue weighted by atomic mass is 35.5. The van der Waals surface area contributed by atoms with Crippen molar-refractivity contribution in [3.05, 3.63) is 93.5 Å². The summed E-state index contributed by atoms with van der Waals surface area (Å²) in [4.78, 5) is 28.5. The second-order valence-electron chi connectivity index (χ2n) is 9.74. The van der Waals surface area contributed by atoms with Gasteiger partial charge >= 0.3 is 0 Å². The molecule has 0 spiro atoms. The zero-order valence-electron chi connectivity index (χ0n) is 22.2. The Morgan fingerprint density at radius 3 is 2.44 bits per heavy atom. The van der Waals surface area contributed by atoms with Crippen molar-refractivity contribution in [3.63, 3.8) is 0 Å². The maximum atomic E-state index is 13.3. The fourth-order valence-electron chi connectivity index (χ4n) is 4.88. The maximum Gasteiger partial charge on any atom is 0.257 e. The van der Waals surface area contributed by atoms with Crippen molar-refractivity contribution in [1.82, 2.24) is 5.32 Å². The van der Waals surface area contributed by atoms with E-state index in [2.05, 4.69) is 39.8 Å². The number of piperidine rings is 1. The molecule has 0 aromatic heterocycles. The Morgan fingerprint density at radius 1 is 0.949 bits per heavy atom. The van der Waals surface area contributed by atoms with Crippen LogP contribution in [0.2, 0.25) is 10.0 Å². The number of amides is 2. The monoisotopic (exact) mass is 567 g/mol. The number of carbonyl (C=O) groups is 2. The van der Waals surface area contributed by atoms with Gasteiger partial charge in [-0.2, -0.15) is 0 Å². The molecule has 1 fully saturated rings. The van der Waals surface area contributed by atoms with Gasteiger partial charge < -0.3 is 20.3 Å². The summed E-state index contributed by atoms with van der Waals surface area (Å²) in [5, 5.41) is 6.61. The molecule has 1 aliphatic rings. The van der Waals surface area contributed by atoms with Crippen molar-refractivity contribution in [2.24, 2.45) is 5.92 Å². The fraction of sp³-hybridized carbons (Fsp3) is 0.355. The molecule has 0 atom stereocenters. The molecule has 2 N–H and O–H groups in total. The lowest BCUT2D eigenvalue weighted by molar-refractivity contribution is 0.0943. The van der Waals surface area contributed by atoms with Gasteiger partial charge in [0.2, 0.25) is 0 Å². The topological polar surface area (TPSA) is 70.7 Å². The molecule has 2 amide bonds. The number of halogens is 2. The van der Waals surface area contributed by atoms with Crippen molar-refractivity contribution in [3.8, 4) is 0 Å². The molecule has 6 nitrogen and oxygen atoms in total. The van der Waals surface area contributed by atoms with Gasteiger partial charge in [0.25, 0.3) is 11.8 Å². The molecule has 8 heteroatoms. The summed E-state index contributed by atoms with van der Waals surface area (Å²) in [6.07, 6.45) is 3.90. The zero-order chi connectivity index (χ0) is 27.6. The molecule has 0 bridgehead atoms. The minimum atomic E-state index is -0.366. The fourth-order valence-corrected chi connectivity index (χ4v) is 5.38. The molecule has 4 rings (SSSR count). The summed E-state index contributed by atoms with van der Waals surface area (Å²) in [5.74, 6) is 0.0740. The summed E-state index contributed by atoms with van der Waals surface area (Å²) in [6.45, 7) is 5.44. The normalized spacial score (nSPS) is 13.8. The van der Waals surface area contributed by atoms with Crippen LogP contribution in [0.1, 0.15) is 52.5 Å². The maximum absolute atomic E-state index is 13.3. The standard InChI is InChI=1S/C31H35Cl2N3O3/c1-2-39-18-6-15-34-30(37)27-21-25(35-31(38)26-11-9-24(32)20-28(26)33)10-12-29(27)36-16-13-23(14-17-36)19-22-7-4-3-5-8-22/h3-5,7-12,20-21,23H,2,6,13-19H2,1H3,(H,34,37)(H,35,38). The summed E-state index contributed by atoms with van der Waals surface area (Å²) in [6, 6.07) is 20.8. The summed E-state index contributed by atoms with van der Waals surface area (Å²) in [7, 11) is 0. The highest BCUT2D eigenvalue weighted by Crippen LogP contribution is 2.31. The lowest BCUT2D eigenvalue weighted by Crippen LogP contribution is -2.36. The molecule has 3 aromatic rings. The third-order valence-electron chi connectivity index (χ3n) is 6.95. The molecule has 39 heavy (non-hydrogen) atoms. The number of carbonyl (C=O) groups excluding carboxylic acids is 2. The third-order valence-corrected chi connectivity index (χ3v) is 7.50. The van der Waals surface area contributed by atoms with Crippen molar-refractivity contribution in [2.75, 3.05) is 43.1 Å². The van der Waals surface area contributed by atoms with Gasteiger partial charge in [0.15, 0.2) is 0 Å². The third kappa shape index (κ3) is 8.21. The van der Waals surface area contributed by atoms with E-state index in [1.807, 2.05) is 25.1 Å². The number of rotatable bonds is 11.